The second-order valence-corrected chi connectivity index (χ2v) is 6.89. The number of benzene rings is 2. The molecule has 0 bridgehead atoms. The molecule has 0 amide bonds. The predicted octanol–water partition coefficient (Wildman–Crippen LogP) is 4.74. The summed E-state index contributed by atoms with van der Waals surface area (Å²) in [6, 6.07) is 16.9. The van der Waals surface area contributed by atoms with Crippen LogP contribution in [0.15, 0.2) is 64.4 Å². The Bertz CT molecular complexity index is 1220. The molecule has 6 heteroatoms. The van der Waals surface area contributed by atoms with Gasteiger partial charge in [0.25, 0.3) is 5.56 Å². The molecule has 1 aliphatic rings. The van der Waals surface area contributed by atoms with Gasteiger partial charge in [0.2, 0.25) is 5.88 Å². The van der Waals surface area contributed by atoms with Gasteiger partial charge >= 0.3 is 0 Å². The van der Waals surface area contributed by atoms with Gasteiger partial charge in [-0.1, -0.05) is 43.3 Å². The van der Waals surface area contributed by atoms with Crippen LogP contribution < -0.4 is 5.56 Å². The average Bonchev–Trinajstić information content (AvgIpc) is 3.12. The maximum absolute atomic E-state index is 13.3. The summed E-state index contributed by atoms with van der Waals surface area (Å²) in [5.41, 5.74) is 3.07. The number of para-hydroxylation sites is 2. The average molecular weight is 389 g/mol. The third-order valence-corrected chi connectivity index (χ3v) is 5.07. The van der Waals surface area contributed by atoms with E-state index in [1.54, 1.807) is 16.9 Å². The summed E-state index contributed by atoms with van der Waals surface area (Å²) in [4.78, 5) is 17.7. The zero-order valence-corrected chi connectivity index (χ0v) is 16.2. The van der Waals surface area contributed by atoms with E-state index < -0.39 is 0 Å². The number of hydrogen-bond donors (Lipinski definition) is 1. The highest BCUT2D eigenvalue weighted by atomic mass is 32.1. The van der Waals surface area contributed by atoms with E-state index in [1.165, 1.54) is 4.57 Å². The van der Waals surface area contributed by atoms with Gasteiger partial charge in [-0.15, -0.1) is 0 Å². The van der Waals surface area contributed by atoms with Crippen LogP contribution in [0.3, 0.4) is 0 Å². The van der Waals surface area contributed by atoms with Crippen molar-refractivity contribution in [1.29, 1.82) is 0 Å². The Hall–Kier alpha value is -3.25. The minimum absolute atomic E-state index is 0.116. The first-order valence-corrected chi connectivity index (χ1v) is 9.52. The van der Waals surface area contributed by atoms with Crippen LogP contribution in [0, 0.1) is 4.77 Å². The van der Waals surface area contributed by atoms with Crippen LogP contribution in [0.25, 0.3) is 17.3 Å². The highest BCUT2D eigenvalue weighted by Crippen LogP contribution is 2.33. The van der Waals surface area contributed by atoms with Crippen LogP contribution >= 0.6 is 12.2 Å². The predicted molar refractivity (Wildman–Crippen MR) is 115 cm³/mol. The molecular formula is C22H19N3O2S. The highest BCUT2D eigenvalue weighted by Gasteiger charge is 2.19. The van der Waals surface area contributed by atoms with Crippen molar-refractivity contribution in [2.45, 2.75) is 19.9 Å². The van der Waals surface area contributed by atoms with Crippen molar-refractivity contribution in [1.82, 2.24) is 9.13 Å². The second-order valence-electron chi connectivity index (χ2n) is 6.52. The lowest BCUT2D eigenvalue weighted by Crippen LogP contribution is -2.26. The van der Waals surface area contributed by atoms with Gasteiger partial charge < -0.3 is 5.11 Å². The van der Waals surface area contributed by atoms with Crippen molar-refractivity contribution >= 4 is 35.8 Å². The summed E-state index contributed by atoms with van der Waals surface area (Å²) in [6.07, 6.45) is 4.17. The summed E-state index contributed by atoms with van der Waals surface area (Å²) >= 11 is 5.54. The molecule has 5 nitrogen and oxygen atoms in total. The Balaban J connectivity index is 2.00. The smallest absolute Gasteiger partial charge is 0.270 e. The summed E-state index contributed by atoms with van der Waals surface area (Å²) in [5.74, 6) is -0.116. The molecule has 4 rings (SSSR count). The van der Waals surface area contributed by atoms with E-state index in [2.05, 4.69) is 4.99 Å². The topological polar surface area (TPSA) is 59.5 Å². The number of rotatable bonds is 4. The lowest BCUT2D eigenvalue weighted by Gasteiger charge is -2.16. The largest absolute Gasteiger partial charge is 0.494 e. The van der Waals surface area contributed by atoms with Crippen LogP contribution in [0.2, 0.25) is 0 Å². The first kappa shape index (κ1) is 18.1. The number of fused-ring (bicyclic) bond motifs is 1. The fourth-order valence-corrected chi connectivity index (χ4v) is 3.69. The number of hydrogen-bond acceptors (Lipinski definition) is 4. The van der Waals surface area contributed by atoms with Crippen LogP contribution in [-0.4, -0.2) is 20.5 Å². The Labute approximate surface area is 167 Å². The van der Waals surface area contributed by atoms with Crippen molar-refractivity contribution in [3.8, 4) is 11.6 Å². The van der Waals surface area contributed by atoms with Gasteiger partial charge in [-0.05, 0) is 42.9 Å². The Kier molecular flexibility index (Phi) is 4.79. The first-order chi connectivity index (χ1) is 13.6. The molecule has 1 N–H and O–H groups in total. The van der Waals surface area contributed by atoms with E-state index in [0.29, 0.717) is 12.2 Å². The summed E-state index contributed by atoms with van der Waals surface area (Å²) in [6.45, 7) is 2.51. The Morgan fingerprint density at radius 1 is 1.11 bits per heavy atom. The fraction of sp³-hybridized carbons (Fsp3) is 0.136. The van der Waals surface area contributed by atoms with Gasteiger partial charge in [0.1, 0.15) is 5.56 Å². The van der Waals surface area contributed by atoms with E-state index in [0.717, 1.165) is 23.2 Å². The standard InChI is InChI=1S/C22H19N3O2S/c1-2-12-24-20(26)18(13-15-14-23-19-11-7-6-10-17(15)19)21(27)25(22(24)28)16-8-4-3-5-9-16/h3-11,13-14,26H,2,12H2,1H3/b15-13-. The number of aliphatic imine (C=N–C) groups is 1. The molecule has 0 saturated carbocycles. The van der Waals surface area contributed by atoms with Crippen LogP contribution in [-0.2, 0) is 6.54 Å². The lowest BCUT2D eigenvalue weighted by molar-refractivity contribution is 0.398. The maximum atomic E-state index is 13.3. The highest BCUT2D eigenvalue weighted by molar-refractivity contribution is 7.71. The van der Waals surface area contributed by atoms with Crippen molar-refractivity contribution < 1.29 is 5.11 Å². The third-order valence-electron chi connectivity index (χ3n) is 4.67. The van der Waals surface area contributed by atoms with Crippen molar-refractivity contribution in [2.24, 2.45) is 4.99 Å². The molecule has 0 radical (unpaired) electrons. The quantitative estimate of drug-likeness (QED) is 0.656. The monoisotopic (exact) mass is 389 g/mol. The minimum atomic E-state index is -0.355. The van der Waals surface area contributed by atoms with Crippen LogP contribution in [0.5, 0.6) is 5.88 Å². The van der Waals surface area contributed by atoms with Gasteiger partial charge in [-0.25, -0.2) is 0 Å². The van der Waals surface area contributed by atoms with Gasteiger partial charge in [0.05, 0.1) is 11.4 Å². The van der Waals surface area contributed by atoms with Crippen LogP contribution in [0.1, 0.15) is 24.5 Å². The first-order valence-electron chi connectivity index (χ1n) is 9.11. The molecule has 0 unspecified atom stereocenters. The number of allylic oxidation sites excluding steroid dienone is 1. The molecule has 0 aliphatic carbocycles. The third kappa shape index (κ3) is 3.01. The van der Waals surface area contributed by atoms with Crippen LogP contribution in [0.4, 0.5) is 5.69 Å². The maximum Gasteiger partial charge on any atom is 0.270 e. The summed E-state index contributed by atoms with van der Waals surface area (Å²) in [7, 11) is 0. The second kappa shape index (κ2) is 7.40. The molecule has 28 heavy (non-hydrogen) atoms. The SMILES string of the molecule is CCCn1c(O)c(/C=C2/C=Nc3ccccc32)c(=O)n(-c2ccccc2)c1=S. The van der Waals surface area contributed by atoms with E-state index >= 15 is 0 Å². The molecule has 2 aromatic carbocycles. The molecule has 0 atom stereocenters. The van der Waals surface area contributed by atoms with E-state index in [-0.39, 0.29) is 21.8 Å². The van der Waals surface area contributed by atoms with Crippen molar-refractivity contribution in [2.75, 3.05) is 0 Å². The van der Waals surface area contributed by atoms with E-state index in [4.69, 9.17) is 12.2 Å². The van der Waals surface area contributed by atoms with Gasteiger partial charge in [-0.3, -0.25) is 18.9 Å². The number of nitrogens with zero attached hydrogens (tertiary/aromatic N) is 3. The molecular weight excluding hydrogens is 370 g/mol. The zero-order chi connectivity index (χ0) is 19.7. The molecule has 1 aliphatic heterocycles. The van der Waals surface area contributed by atoms with Crippen molar-refractivity contribution in [3.05, 3.63) is 80.8 Å². The van der Waals surface area contributed by atoms with E-state index in [1.807, 2.05) is 61.5 Å². The molecule has 0 spiro atoms. The molecule has 140 valence electrons. The number of aromatic hydroxyl groups is 1. The Morgan fingerprint density at radius 2 is 1.82 bits per heavy atom. The summed E-state index contributed by atoms with van der Waals surface area (Å²) in [5, 5.41) is 10.9. The minimum Gasteiger partial charge on any atom is -0.494 e. The van der Waals surface area contributed by atoms with Crippen molar-refractivity contribution in [3.63, 3.8) is 0 Å². The van der Waals surface area contributed by atoms with E-state index in [9.17, 15) is 9.90 Å². The zero-order valence-electron chi connectivity index (χ0n) is 15.4. The molecule has 2 heterocycles. The summed E-state index contributed by atoms with van der Waals surface area (Å²) < 4.78 is 3.35. The normalized spacial score (nSPS) is 13.8. The number of aromatic nitrogens is 2. The van der Waals surface area contributed by atoms with Gasteiger partial charge in [0, 0.05) is 23.9 Å². The molecule has 0 saturated heterocycles. The lowest BCUT2D eigenvalue weighted by atomic mass is 10.1. The molecule has 3 aromatic rings. The fourth-order valence-electron chi connectivity index (χ4n) is 3.33. The molecule has 0 fully saturated rings. The molecule has 1 aromatic heterocycles. The Morgan fingerprint density at radius 3 is 2.57 bits per heavy atom. The van der Waals surface area contributed by atoms with Gasteiger partial charge in [0.15, 0.2) is 4.77 Å². The van der Waals surface area contributed by atoms with Gasteiger partial charge in [-0.2, -0.15) is 0 Å².